The number of carbonyl (C=O) groups is 3. The molecule has 0 aliphatic carbocycles. The van der Waals surface area contributed by atoms with Gasteiger partial charge in [0.05, 0.1) is 7.11 Å². The van der Waals surface area contributed by atoms with Crippen LogP contribution in [0.15, 0.2) is 25.3 Å². The van der Waals surface area contributed by atoms with Crippen molar-refractivity contribution in [2.75, 3.05) is 12.9 Å². The number of rotatable bonds is 14. The van der Waals surface area contributed by atoms with Crippen LogP contribution in [0.2, 0.25) is 0 Å². The van der Waals surface area contributed by atoms with E-state index in [2.05, 4.69) is 17.9 Å². The van der Waals surface area contributed by atoms with Crippen LogP contribution in [0.3, 0.4) is 0 Å². The lowest BCUT2D eigenvalue weighted by molar-refractivity contribution is -0.149. The second kappa shape index (κ2) is 13.7. The number of aliphatic hydroxyl groups excluding tert-OH is 1. The molecule has 0 unspecified atom stereocenters. The van der Waals surface area contributed by atoms with Crippen LogP contribution >= 0.6 is 11.8 Å². The van der Waals surface area contributed by atoms with Gasteiger partial charge in [-0.3, -0.25) is 9.59 Å². The summed E-state index contributed by atoms with van der Waals surface area (Å²) in [7, 11) is 1.17. The van der Waals surface area contributed by atoms with Crippen LogP contribution in [0.5, 0.6) is 0 Å². The Labute approximate surface area is 153 Å². The van der Waals surface area contributed by atoms with E-state index >= 15 is 0 Å². The monoisotopic (exact) mass is 372 g/mol. The first-order valence-electron chi connectivity index (χ1n) is 8.17. The highest BCUT2D eigenvalue weighted by Gasteiger charge is 2.27. The highest BCUT2D eigenvalue weighted by Crippen LogP contribution is 2.21. The topological polar surface area (TPSA) is 89.9 Å². The molecule has 3 atom stereocenters. The summed E-state index contributed by atoms with van der Waals surface area (Å²) in [5.74, 6) is -1.44. The summed E-state index contributed by atoms with van der Waals surface area (Å²) in [6.07, 6.45) is 3.91. The minimum Gasteiger partial charge on any atom is -0.467 e. The van der Waals surface area contributed by atoms with Crippen LogP contribution in [0, 0.1) is 0 Å². The second-order valence-corrected chi connectivity index (χ2v) is 6.79. The SMILES string of the molecule is C=CCCCC(=O)C[C@H](SC[C@@H](O)C(=O)OC)C(=O)O[C@H](C)CC=C. The maximum Gasteiger partial charge on any atom is 0.335 e. The fourth-order valence-electron chi connectivity index (χ4n) is 1.93. The van der Waals surface area contributed by atoms with Gasteiger partial charge in [-0.05, 0) is 19.8 Å². The molecular formula is C18H28O6S. The van der Waals surface area contributed by atoms with E-state index in [1.54, 1.807) is 19.1 Å². The van der Waals surface area contributed by atoms with Crippen molar-refractivity contribution in [3.8, 4) is 0 Å². The number of aliphatic hydroxyl groups is 1. The van der Waals surface area contributed by atoms with Crippen molar-refractivity contribution >= 4 is 29.5 Å². The zero-order chi connectivity index (χ0) is 19.2. The molecule has 6 nitrogen and oxygen atoms in total. The van der Waals surface area contributed by atoms with Crippen molar-refractivity contribution < 1.29 is 29.0 Å². The van der Waals surface area contributed by atoms with Crippen molar-refractivity contribution in [2.45, 2.75) is 56.5 Å². The Bertz CT molecular complexity index is 462. The molecule has 0 aromatic heterocycles. The summed E-state index contributed by atoms with van der Waals surface area (Å²) in [5, 5.41) is 8.89. The van der Waals surface area contributed by atoms with Gasteiger partial charge in [0.15, 0.2) is 6.10 Å². The smallest absolute Gasteiger partial charge is 0.335 e. The van der Waals surface area contributed by atoms with Crippen molar-refractivity contribution in [3.05, 3.63) is 25.3 Å². The first-order chi connectivity index (χ1) is 11.8. The number of Topliss-reactive ketones (excluding diaryl/α,β-unsaturated/α-hetero) is 1. The van der Waals surface area contributed by atoms with E-state index in [-0.39, 0.29) is 24.1 Å². The van der Waals surface area contributed by atoms with Gasteiger partial charge in [0, 0.05) is 25.0 Å². The molecule has 7 heteroatoms. The number of ether oxygens (including phenoxy) is 2. The molecule has 0 radical (unpaired) electrons. The molecule has 0 bridgehead atoms. The number of carbonyl (C=O) groups excluding carboxylic acids is 3. The molecule has 0 fully saturated rings. The van der Waals surface area contributed by atoms with Crippen molar-refractivity contribution in [1.82, 2.24) is 0 Å². The maximum atomic E-state index is 12.3. The minimum atomic E-state index is -1.35. The summed E-state index contributed by atoms with van der Waals surface area (Å²) in [5.41, 5.74) is 0. The second-order valence-electron chi connectivity index (χ2n) is 5.56. The lowest BCUT2D eigenvalue weighted by Gasteiger charge is -2.19. The number of hydrogen-bond acceptors (Lipinski definition) is 7. The average Bonchev–Trinajstić information content (AvgIpc) is 2.57. The zero-order valence-corrected chi connectivity index (χ0v) is 15.8. The van der Waals surface area contributed by atoms with Crippen LogP contribution < -0.4 is 0 Å². The molecular weight excluding hydrogens is 344 g/mol. The van der Waals surface area contributed by atoms with Gasteiger partial charge in [0.25, 0.3) is 0 Å². The largest absolute Gasteiger partial charge is 0.467 e. The Kier molecular flexibility index (Phi) is 12.8. The molecule has 1 N–H and O–H groups in total. The van der Waals surface area contributed by atoms with E-state index in [0.29, 0.717) is 19.3 Å². The standard InChI is InChI=1S/C18H28O6S/c1-5-7-8-10-14(19)11-16(18(22)24-13(3)9-6-2)25-12-15(20)17(21)23-4/h5-6,13,15-16,20H,1-2,7-12H2,3-4H3/t13-,15-,16+/m1/s1. The van der Waals surface area contributed by atoms with Crippen LogP contribution in [0.1, 0.15) is 39.0 Å². The molecule has 0 aliphatic heterocycles. The molecule has 0 amide bonds. The van der Waals surface area contributed by atoms with Gasteiger partial charge in [0.2, 0.25) is 0 Å². The highest BCUT2D eigenvalue weighted by molar-refractivity contribution is 8.00. The summed E-state index contributed by atoms with van der Waals surface area (Å²) in [6.45, 7) is 8.92. The Hall–Kier alpha value is -1.60. The Morgan fingerprint density at radius 1 is 1.20 bits per heavy atom. The van der Waals surface area contributed by atoms with Gasteiger partial charge in [-0.25, -0.2) is 4.79 Å². The van der Waals surface area contributed by atoms with Crippen LogP contribution in [-0.4, -0.2) is 53.1 Å². The minimum absolute atomic E-state index is 0.00462. The molecule has 0 saturated carbocycles. The number of allylic oxidation sites excluding steroid dienone is 1. The lowest BCUT2D eigenvalue weighted by Crippen LogP contribution is -2.30. The van der Waals surface area contributed by atoms with Gasteiger partial charge in [-0.15, -0.1) is 24.9 Å². The maximum absolute atomic E-state index is 12.3. The third-order valence-corrected chi connectivity index (χ3v) is 4.55. The number of thioether (sulfide) groups is 1. The fraction of sp³-hybridized carbons (Fsp3) is 0.611. The molecule has 0 aromatic rings. The number of methoxy groups -OCH3 is 1. The molecule has 0 heterocycles. The van der Waals surface area contributed by atoms with Crippen LogP contribution in [-0.2, 0) is 23.9 Å². The number of esters is 2. The van der Waals surface area contributed by atoms with Crippen LogP contribution in [0.4, 0.5) is 0 Å². The molecule has 0 spiro atoms. The first kappa shape index (κ1) is 23.4. The van der Waals surface area contributed by atoms with Gasteiger partial charge in [0.1, 0.15) is 17.1 Å². The Morgan fingerprint density at radius 2 is 1.88 bits per heavy atom. The Morgan fingerprint density at radius 3 is 2.44 bits per heavy atom. The average molecular weight is 372 g/mol. The number of unbranched alkanes of at least 4 members (excludes halogenated alkanes) is 1. The molecule has 0 aromatic carbocycles. The summed E-state index contributed by atoms with van der Waals surface area (Å²) in [6, 6.07) is 0. The highest BCUT2D eigenvalue weighted by atomic mass is 32.2. The third kappa shape index (κ3) is 10.8. The summed E-state index contributed by atoms with van der Waals surface area (Å²) >= 11 is 1.02. The normalized spacial score (nSPS) is 14.0. The molecule has 0 rings (SSSR count). The van der Waals surface area contributed by atoms with Gasteiger partial charge < -0.3 is 14.6 Å². The van der Waals surface area contributed by atoms with Crippen molar-refractivity contribution in [3.63, 3.8) is 0 Å². The predicted molar refractivity (Wildman–Crippen MR) is 98.3 cm³/mol. The molecule has 0 aliphatic rings. The Balaban J connectivity index is 4.75. The van der Waals surface area contributed by atoms with Gasteiger partial charge >= 0.3 is 11.9 Å². The molecule has 0 saturated heterocycles. The molecule has 25 heavy (non-hydrogen) atoms. The van der Waals surface area contributed by atoms with E-state index in [0.717, 1.165) is 18.2 Å². The van der Waals surface area contributed by atoms with E-state index in [1.807, 2.05) is 0 Å². The zero-order valence-electron chi connectivity index (χ0n) is 14.9. The third-order valence-electron chi connectivity index (χ3n) is 3.28. The predicted octanol–water partition coefficient (Wildman–Crippen LogP) is 2.45. The number of hydrogen-bond donors (Lipinski definition) is 1. The number of ketones is 1. The van der Waals surface area contributed by atoms with E-state index in [9.17, 15) is 19.5 Å². The molecule has 142 valence electrons. The van der Waals surface area contributed by atoms with Crippen molar-refractivity contribution in [2.24, 2.45) is 0 Å². The lowest BCUT2D eigenvalue weighted by atomic mass is 10.1. The quantitative estimate of drug-likeness (QED) is 0.284. The van der Waals surface area contributed by atoms with Crippen LogP contribution in [0.25, 0.3) is 0 Å². The van der Waals surface area contributed by atoms with Gasteiger partial charge in [-0.2, -0.15) is 0 Å². The van der Waals surface area contributed by atoms with E-state index < -0.39 is 23.3 Å². The summed E-state index contributed by atoms with van der Waals surface area (Å²) < 4.78 is 9.74. The van der Waals surface area contributed by atoms with E-state index in [4.69, 9.17) is 4.74 Å². The van der Waals surface area contributed by atoms with Crippen molar-refractivity contribution in [1.29, 1.82) is 0 Å². The van der Waals surface area contributed by atoms with Gasteiger partial charge in [-0.1, -0.05) is 12.2 Å². The van der Waals surface area contributed by atoms with E-state index in [1.165, 1.54) is 7.11 Å². The first-order valence-corrected chi connectivity index (χ1v) is 9.22. The fourth-order valence-corrected chi connectivity index (χ4v) is 2.98. The summed E-state index contributed by atoms with van der Waals surface area (Å²) in [4.78, 5) is 35.6.